The fourth-order valence-electron chi connectivity index (χ4n) is 5.22. The molecule has 3 aromatic carbocycles. The molecule has 6 heteroatoms. The highest BCUT2D eigenvalue weighted by Gasteiger charge is 2.17. The van der Waals surface area contributed by atoms with Crippen LogP contribution in [-0.2, 0) is 12.8 Å². The maximum absolute atomic E-state index is 13.0. The largest absolute Gasteiger partial charge is 0.507 e. The second-order valence-electron chi connectivity index (χ2n) is 11.2. The van der Waals surface area contributed by atoms with E-state index in [0.29, 0.717) is 11.4 Å². The smallest absolute Gasteiger partial charge is 0.259 e. The summed E-state index contributed by atoms with van der Waals surface area (Å²) in [6.07, 6.45) is 15.4. The van der Waals surface area contributed by atoms with Gasteiger partial charge in [0.2, 0.25) is 0 Å². The van der Waals surface area contributed by atoms with Crippen LogP contribution in [0.5, 0.6) is 11.5 Å². The zero-order chi connectivity index (χ0) is 30.2. The van der Waals surface area contributed by atoms with Crippen molar-refractivity contribution in [2.45, 2.75) is 104 Å². The van der Waals surface area contributed by atoms with Gasteiger partial charge in [0.05, 0.1) is 11.1 Å². The minimum atomic E-state index is -0.416. The number of anilines is 2. The zero-order valence-electron chi connectivity index (χ0n) is 25.4. The van der Waals surface area contributed by atoms with Gasteiger partial charge in [-0.3, -0.25) is 9.59 Å². The summed E-state index contributed by atoms with van der Waals surface area (Å²) in [6.45, 7) is 4.40. The predicted molar refractivity (Wildman–Crippen MR) is 173 cm³/mol. The van der Waals surface area contributed by atoms with E-state index in [-0.39, 0.29) is 22.6 Å². The maximum Gasteiger partial charge on any atom is 0.259 e. The lowest BCUT2D eigenvalue weighted by atomic mass is 10.0. The van der Waals surface area contributed by atoms with Crippen molar-refractivity contribution in [3.63, 3.8) is 0 Å². The molecule has 0 saturated carbocycles. The van der Waals surface area contributed by atoms with E-state index in [1.807, 2.05) is 12.1 Å². The Morgan fingerprint density at radius 2 is 0.929 bits per heavy atom. The molecule has 0 unspecified atom stereocenters. The third-order valence-electron chi connectivity index (χ3n) is 7.71. The summed E-state index contributed by atoms with van der Waals surface area (Å²) in [5.41, 5.74) is 2.97. The van der Waals surface area contributed by atoms with Gasteiger partial charge in [-0.1, -0.05) is 108 Å². The molecule has 0 atom stereocenters. The Balaban J connectivity index is 1.58. The Kier molecular flexibility index (Phi) is 13.9. The average Bonchev–Trinajstić information content (AvgIpc) is 2.98. The van der Waals surface area contributed by atoms with Crippen molar-refractivity contribution in [2.75, 3.05) is 10.6 Å². The van der Waals surface area contributed by atoms with Gasteiger partial charge in [0, 0.05) is 11.4 Å². The lowest BCUT2D eigenvalue weighted by molar-refractivity contribution is 0.101. The summed E-state index contributed by atoms with van der Waals surface area (Å²) >= 11 is 0. The van der Waals surface area contributed by atoms with E-state index in [2.05, 4.69) is 24.5 Å². The van der Waals surface area contributed by atoms with E-state index in [1.54, 1.807) is 48.5 Å². The molecule has 0 aromatic heterocycles. The molecule has 0 aliphatic carbocycles. The van der Waals surface area contributed by atoms with Crippen LogP contribution in [0.4, 0.5) is 11.4 Å². The molecule has 2 amide bonds. The Hall–Kier alpha value is -3.80. The summed E-state index contributed by atoms with van der Waals surface area (Å²) < 4.78 is 0. The Morgan fingerprint density at radius 1 is 0.548 bits per heavy atom. The minimum absolute atomic E-state index is 0.0179. The number of phenolic OH excluding ortho intramolecular Hbond substituents is 2. The van der Waals surface area contributed by atoms with Crippen molar-refractivity contribution in [1.29, 1.82) is 0 Å². The molecule has 0 aliphatic rings. The number of benzene rings is 3. The van der Waals surface area contributed by atoms with E-state index in [0.717, 1.165) is 49.7 Å². The fraction of sp³-hybridized carbons (Fsp3) is 0.444. The van der Waals surface area contributed by atoms with Gasteiger partial charge in [-0.2, -0.15) is 0 Å². The third-order valence-corrected chi connectivity index (χ3v) is 7.71. The van der Waals surface area contributed by atoms with Gasteiger partial charge in [0.1, 0.15) is 11.5 Å². The Morgan fingerprint density at radius 3 is 1.36 bits per heavy atom. The average molecular weight is 573 g/mol. The normalized spacial score (nSPS) is 10.9. The molecule has 3 rings (SSSR count). The van der Waals surface area contributed by atoms with Crippen LogP contribution >= 0.6 is 0 Å². The minimum Gasteiger partial charge on any atom is -0.507 e. The summed E-state index contributed by atoms with van der Waals surface area (Å²) in [5.74, 6) is -0.796. The van der Waals surface area contributed by atoms with E-state index in [9.17, 15) is 19.8 Å². The second-order valence-corrected chi connectivity index (χ2v) is 11.2. The van der Waals surface area contributed by atoms with Crippen molar-refractivity contribution in [3.8, 4) is 11.5 Å². The molecule has 226 valence electrons. The molecule has 6 nitrogen and oxygen atoms in total. The van der Waals surface area contributed by atoms with Crippen LogP contribution in [0.3, 0.4) is 0 Å². The number of unbranched alkanes of at least 4 members (excludes halogenated alkanes) is 10. The molecule has 0 radical (unpaired) electrons. The van der Waals surface area contributed by atoms with Crippen molar-refractivity contribution in [1.82, 2.24) is 0 Å². The number of aryl methyl sites for hydroxylation is 2. The zero-order valence-corrected chi connectivity index (χ0v) is 25.4. The summed E-state index contributed by atoms with van der Waals surface area (Å²) in [4.78, 5) is 26.1. The summed E-state index contributed by atoms with van der Waals surface area (Å²) in [7, 11) is 0. The molecule has 4 N–H and O–H groups in total. The third kappa shape index (κ3) is 10.2. The molecule has 3 aromatic rings. The summed E-state index contributed by atoms with van der Waals surface area (Å²) in [5, 5.41) is 27.2. The van der Waals surface area contributed by atoms with Gasteiger partial charge in [-0.15, -0.1) is 0 Å². The first-order chi connectivity index (χ1) is 20.4. The molecule has 0 heterocycles. The Labute approximate surface area is 251 Å². The first kappa shape index (κ1) is 32.7. The molecule has 0 fully saturated rings. The highest BCUT2D eigenvalue weighted by atomic mass is 16.3. The van der Waals surface area contributed by atoms with E-state index >= 15 is 0 Å². The van der Waals surface area contributed by atoms with Crippen molar-refractivity contribution in [3.05, 3.63) is 82.9 Å². The number of phenols is 2. The lowest BCUT2D eigenvalue weighted by Gasteiger charge is -2.13. The molecule has 0 spiro atoms. The lowest BCUT2D eigenvalue weighted by Crippen LogP contribution is -2.15. The molecule has 42 heavy (non-hydrogen) atoms. The quantitative estimate of drug-likeness (QED) is 0.114. The predicted octanol–water partition coefficient (Wildman–Crippen LogP) is 9.41. The number of hydrogen-bond donors (Lipinski definition) is 4. The van der Waals surface area contributed by atoms with Crippen LogP contribution < -0.4 is 10.6 Å². The standard InChI is InChI=1S/C36H48N2O4/c1-3-5-7-9-11-13-18-27-20-15-24-31(33(27)39)35(41)37-29-22-17-23-30(26-29)38-36(42)32-25-16-21-28(34(32)40)19-14-12-10-8-6-4-2/h15-17,20-26,39-40H,3-14,18-19H2,1-2H3,(H,37,41)(H,38,42). The molecule has 0 saturated heterocycles. The van der Waals surface area contributed by atoms with Crippen molar-refractivity contribution in [2.24, 2.45) is 0 Å². The number of rotatable bonds is 18. The number of para-hydroxylation sites is 2. The van der Waals surface area contributed by atoms with E-state index in [4.69, 9.17) is 0 Å². The van der Waals surface area contributed by atoms with E-state index in [1.165, 1.54) is 51.4 Å². The molecule has 0 bridgehead atoms. The second kappa shape index (κ2) is 17.9. The monoisotopic (exact) mass is 572 g/mol. The van der Waals surface area contributed by atoms with Gasteiger partial charge in [-0.05, 0) is 67.1 Å². The van der Waals surface area contributed by atoms with Crippen molar-refractivity contribution < 1.29 is 19.8 Å². The highest BCUT2D eigenvalue weighted by molar-refractivity contribution is 6.08. The van der Waals surface area contributed by atoms with Gasteiger partial charge in [0.25, 0.3) is 11.8 Å². The van der Waals surface area contributed by atoms with E-state index < -0.39 is 11.8 Å². The van der Waals surface area contributed by atoms with Gasteiger partial charge >= 0.3 is 0 Å². The Bertz CT molecular complexity index is 1190. The van der Waals surface area contributed by atoms with Crippen LogP contribution in [0.1, 0.15) is 123 Å². The first-order valence-electron chi connectivity index (χ1n) is 15.8. The summed E-state index contributed by atoms with van der Waals surface area (Å²) in [6, 6.07) is 17.4. The highest BCUT2D eigenvalue weighted by Crippen LogP contribution is 2.28. The maximum atomic E-state index is 13.0. The topological polar surface area (TPSA) is 98.7 Å². The van der Waals surface area contributed by atoms with Crippen LogP contribution in [0.25, 0.3) is 0 Å². The number of hydrogen-bond acceptors (Lipinski definition) is 4. The molecule has 0 aliphatic heterocycles. The van der Waals surface area contributed by atoms with Crippen LogP contribution in [0.15, 0.2) is 60.7 Å². The van der Waals surface area contributed by atoms with Gasteiger partial charge < -0.3 is 20.8 Å². The van der Waals surface area contributed by atoms with Gasteiger partial charge in [0.15, 0.2) is 0 Å². The number of aromatic hydroxyl groups is 2. The number of nitrogens with one attached hydrogen (secondary N) is 2. The van der Waals surface area contributed by atoms with Crippen LogP contribution in [0.2, 0.25) is 0 Å². The molecular weight excluding hydrogens is 524 g/mol. The fourth-order valence-corrected chi connectivity index (χ4v) is 5.22. The van der Waals surface area contributed by atoms with Crippen molar-refractivity contribution >= 4 is 23.2 Å². The van der Waals surface area contributed by atoms with Gasteiger partial charge in [-0.25, -0.2) is 0 Å². The van der Waals surface area contributed by atoms with Crippen LogP contribution in [-0.4, -0.2) is 22.0 Å². The SMILES string of the molecule is CCCCCCCCc1cccc(C(=O)Nc2cccc(NC(=O)c3cccc(CCCCCCCC)c3O)c2)c1O. The first-order valence-corrected chi connectivity index (χ1v) is 15.8. The number of carbonyl (C=O) groups excluding carboxylic acids is 2. The number of carbonyl (C=O) groups is 2. The van der Waals surface area contributed by atoms with Crippen LogP contribution in [0, 0.1) is 0 Å². The molecular formula is C36H48N2O4. The number of amides is 2.